The zero-order valence-electron chi connectivity index (χ0n) is 13.4. The maximum absolute atomic E-state index is 12.1. The van der Waals surface area contributed by atoms with Crippen molar-refractivity contribution in [2.45, 2.75) is 39.0 Å². The molecule has 1 amide bonds. The summed E-state index contributed by atoms with van der Waals surface area (Å²) in [7, 11) is 0. The number of ether oxygens (including phenoxy) is 3. The minimum absolute atomic E-state index is 0.101. The average molecular weight is 339 g/mol. The molecule has 0 aromatic heterocycles. The third kappa shape index (κ3) is 8.15. The van der Waals surface area contributed by atoms with Gasteiger partial charge in [-0.05, 0) is 38.6 Å². The van der Waals surface area contributed by atoms with Crippen LogP contribution in [0.2, 0.25) is 0 Å². The Morgan fingerprint density at radius 2 is 1.91 bits per heavy atom. The molecular formula is C16H21NO5S. The van der Waals surface area contributed by atoms with E-state index >= 15 is 0 Å². The predicted molar refractivity (Wildman–Crippen MR) is 89.0 cm³/mol. The molecule has 1 rings (SSSR count). The standard InChI is InChI=1S/C16H21NO5S/c1-16(2,3)22-15(19)17-13(10-20-11-23)14(18)21-9-12-7-5-4-6-8-12/h4-8,11,13H,9-10H2,1-3H3,(H,17,19)/t13-/m0/s1. The van der Waals surface area contributed by atoms with E-state index in [1.54, 1.807) is 20.8 Å². The van der Waals surface area contributed by atoms with Gasteiger partial charge in [-0.3, -0.25) is 0 Å². The highest BCUT2D eigenvalue weighted by Crippen LogP contribution is 2.07. The van der Waals surface area contributed by atoms with Gasteiger partial charge in [0.2, 0.25) is 0 Å². The number of alkyl carbamates (subject to hydrolysis) is 1. The van der Waals surface area contributed by atoms with Gasteiger partial charge in [0.05, 0.1) is 0 Å². The van der Waals surface area contributed by atoms with Gasteiger partial charge in [-0.25, -0.2) is 9.59 Å². The lowest BCUT2D eigenvalue weighted by Crippen LogP contribution is -2.46. The van der Waals surface area contributed by atoms with E-state index in [2.05, 4.69) is 17.5 Å². The van der Waals surface area contributed by atoms with Crippen LogP contribution in [0, 0.1) is 0 Å². The smallest absolute Gasteiger partial charge is 0.408 e. The molecule has 0 aliphatic carbocycles. The molecule has 0 aliphatic rings. The van der Waals surface area contributed by atoms with Gasteiger partial charge in [-0.15, -0.1) is 0 Å². The number of nitrogens with one attached hydrogen (secondary N) is 1. The molecule has 0 heterocycles. The number of hydrogen-bond donors (Lipinski definition) is 1. The lowest BCUT2D eigenvalue weighted by Gasteiger charge is -2.22. The van der Waals surface area contributed by atoms with E-state index in [9.17, 15) is 9.59 Å². The third-order valence-corrected chi connectivity index (χ3v) is 2.67. The molecule has 0 saturated heterocycles. The van der Waals surface area contributed by atoms with Crippen molar-refractivity contribution in [3.05, 3.63) is 35.9 Å². The second-order valence-corrected chi connectivity index (χ2v) is 5.91. The van der Waals surface area contributed by atoms with Crippen molar-refractivity contribution in [2.75, 3.05) is 6.61 Å². The predicted octanol–water partition coefficient (Wildman–Crippen LogP) is 2.60. The van der Waals surface area contributed by atoms with Gasteiger partial charge in [-0.2, -0.15) is 0 Å². The van der Waals surface area contributed by atoms with Crippen molar-refractivity contribution in [3.8, 4) is 0 Å². The molecule has 7 heteroatoms. The normalized spacial score (nSPS) is 12.0. The van der Waals surface area contributed by atoms with Gasteiger partial charge >= 0.3 is 12.1 Å². The summed E-state index contributed by atoms with van der Waals surface area (Å²) in [5.74, 6) is -0.628. The van der Waals surface area contributed by atoms with E-state index < -0.39 is 23.7 Å². The Kier molecular flexibility index (Phi) is 7.47. The topological polar surface area (TPSA) is 73.9 Å². The number of benzene rings is 1. The Balaban J connectivity index is 2.59. The van der Waals surface area contributed by atoms with Crippen molar-refractivity contribution in [2.24, 2.45) is 0 Å². The molecule has 6 nitrogen and oxygen atoms in total. The lowest BCUT2D eigenvalue weighted by molar-refractivity contribution is -0.148. The molecule has 0 fully saturated rings. The number of hydrogen-bond acceptors (Lipinski definition) is 6. The van der Waals surface area contributed by atoms with E-state index in [0.717, 1.165) is 11.1 Å². The van der Waals surface area contributed by atoms with Gasteiger partial charge in [0.25, 0.3) is 0 Å². The van der Waals surface area contributed by atoms with Crippen LogP contribution in [-0.4, -0.2) is 35.9 Å². The molecule has 0 radical (unpaired) electrons. The highest BCUT2D eigenvalue weighted by molar-refractivity contribution is 7.78. The van der Waals surface area contributed by atoms with Crippen LogP contribution in [0.15, 0.2) is 30.3 Å². The number of rotatable bonds is 7. The van der Waals surface area contributed by atoms with Gasteiger partial charge < -0.3 is 19.5 Å². The Morgan fingerprint density at radius 1 is 1.26 bits per heavy atom. The molecule has 0 saturated carbocycles. The minimum Gasteiger partial charge on any atom is -0.487 e. The van der Waals surface area contributed by atoms with Crippen LogP contribution >= 0.6 is 12.2 Å². The average Bonchev–Trinajstić information content (AvgIpc) is 2.48. The fourth-order valence-electron chi connectivity index (χ4n) is 1.58. The Bertz CT molecular complexity index is 527. The maximum atomic E-state index is 12.1. The van der Waals surface area contributed by atoms with Crippen LogP contribution in [0.3, 0.4) is 0 Å². The summed E-state index contributed by atoms with van der Waals surface area (Å²) >= 11 is 4.56. The summed E-state index contributed by atoms with van der Waals surface area (Å²) in [5.41, 5.74) is 1.19. The van der Waals surface area contributed by atoms with Gasteiger partial charge in [0.15, 0.2) is 6.04 Å². The van der Waals surface area contributed by atoms with Crippen molar-refractivity contribution >= 4 is 29.8 Å². The van der Waals surface area contributed by atoms with Crippen molar-refractivity contribution < 1.29 is 23.8 Å². The second kappa shape index (κ2) is 9.09. The first-order valence-electron chi connectivity index (χ1n) is 7.07. The molecule has 1 aromatic carbocycles. The first-order valence-corrected chi connectivity index (χ1v) is 7.54. The fourth-order valence-corrected chi connectivity index (χ4v) is 1.66. The Hall–Kier alpha value is -2.15. The highest BCUT2D eigenvalue weighted by Gasteiger charge is 2.26. The van der Waals surface area contributed by atoms with E-state index in [-0.39, 0.29) is 13.2 Å². The van der Waals surface area contributed by atoms with Crippen LogP contribution in [0.5, 0.6) is 0 Å². The zero-order valence-corrected chi connectivity index (χ0v) is 14.2. The largest absolute Gasteiger partial charge is 0.487 e. The Morgan fingerprint density at radius 3 is 2.48 bits per heavy atom. The summed E-state index contributed by atoms with van der Waals surface area (Å²) in [6, 6.07) is 8.20. The second-order valence-electron chi connectivity index (χ2n) is 5.72. The van der Waals surface area contributed by atoms with Crippen LogP contribution in [-0.2, 0) is 25.6 Å². The lowest BCUT2D eigenvalue weighted by atomic mass is 10.2. The first-order chi connectivity index (χ1) is 10.8. The zero-order chi connectivity index (χ0) is 17.3. The molecule has 126 valence electrons. The van der Waals surface area contributed by atoms with Crippen molar-refractivity contribution in [1.29, 1.82) is 0 Å². The minimum atomic E-state index is -1.01. The molecule has 23 heavy (non-hydrogen) atoms. The Labute approximate surface area is 141 Å². The highest BCUT2D eigenvalue weighted by atomic mass is 32.1. The molecule has 1 N–H and O–H groups in total. The fraction of sp³-hybridized carbons (Fsp3) is 0.438. The van der Waals surface area contributed by atoms with Crippen molar-refractivity contribution in [1.82, 2.24) is 5.32 Å². The van der Waals surface area contributed by atoms with Gasteiger partial charge in [0.1, 0.15) is 24.4 Å². The van der Waals surface area contributed by atoms with Crippen LogP contribution < -0.4 is 5.32 Å². The number of carbonyl (C=O) groups excluding carboxylic acids is 2. The summed E-state index contributed by atoms with van der Waals surface area (Å²) in [6.07, 6.45) is -0.730. The summed E-state index contributed by atoms with van der Waals surface area (Å²) < 4.78 is 15.2. The molecule has 1 aromatic rings. The third-order valence-electron chi connectivity index (χ3n) is 2.53. The number of thiocarbonyl (C=S) groups is 1. The summed E-state index contributed by atoms with van der Waals surface area (Å²) in [6.45, 7) is 5.15. The SMILES string of the molecule is CC(C)(C)OC(=O)N[C@@H](COC=S)C(=O)OCc1ccccc1. The molecule has 0 bridgehead atoms. The summed E-state index contributed by atoms with van der Waals surface area (Å²) in [5, 5.41) is 2.42. The maximum Gasteiger partial charge on any atom is 0.408 e. The van der Waals surface area contributed by atoms with Crippen LogP contribution in [0.1, 0.15) is 26.3 Å². The number of amides is 1. The van der Waals surface area contributed by atoms with Crippen molar-refractivity contribution in [3.63, 3.8) is 0 Å². The quantitative estimate of drug-likeness (QED) is 0.608. The van der Waals surface area contributed by atoms with Crippen LogP contribution in [0.25, 0.3) is 0 Å². The van der Waals surface area contributed by atoms with Gasteiger partial charge in [-0.1, -0.05) is 30.3 Å². The molecule has 1 atom stereocenters. The first kappa shape index (κ1) is 18.9. The van der Waals surface area contributed by atoms with E-state index in [1.165, 1.54) is 0 Å². The molecular weight excluding hydrogens is 318 g/mol. The van der Waals surface area contributed by atoms with Gasteiger partial charge in [0, 0.05) is 0 Å². The monoisotopic (exact) mass is 339 g/mol. The molecule has 0 aliphatic heterocycles. The van der Waals surface area contributed by atoms with E-state index in [4.69, 9.17) is 14.2 Å². The molecule has 0 spiro atoms. The van der Waals surface area contributed by atoms with Crippen LogP contribution in [0.4, 0.5) is 4.79 Å². The number of carbonyl (C=O) groups is 2. The van der Waals surface area contributed by atoms with E-state index in [1.807, 2.05) is 30.3 Å². The van der Waals surface area contributed by atoms with E-state index in [0.29, 0.717) is 0 Å². The summed E-state index contributed by atoms with van der Waals surface area (Å²) in [4.78, 5) is 23.9. The molecule has 0 unspecified atom stereocenters. The number of esters is 1.